The van der Waals surface area contributed by atoms with Crippen molar-refractivity contribution < 1.29 is 9.18 Å². The normalized spacial score (nSPS) is 16.6. The fourth-order valence-corrected chi connectivity index (χ4v) is 4.44. The zero-order valence-electron chi connectivity index (χ0n) is 14.6. The van der Waals surface area contributed by atoms with E-state index in [2.05, 4.69) is 28.5 Å². The van der Waals surface area contributed by atoms with E-state index in [0.29, 0.717) is 18.1 Å². The first kappa shape index (κ1) is 16.9. The molecular formula is C19H19FN4OS. The maximum Gasteiger partial charge on any atom is 0.294 e. The first-order chi connectivity index (χ1) is 12.6. The van der Waals surface area contributed by atoms with Gasteiger partial charge in [-0.1, -0.05) is 6.92 Å². The number of carbonyl (C=O) groups is 1. The summed E-state index contributed by atoms with van der Waals surface area (Å²) in [6, 6.07) is 8.16. The molecule has 0 bridgehead atoms. The summed E-state index contributed by atoms with van der Waals surface area (Å²) in [7, 11) is 0. The van der Waals surface area contributed by atoms with E-state index in [1.165, 1.54) is 22.6 Å². The van der Waals surface area contributed by atoms with Crippen LogP contribution in [0.15, 0.2) is 35.7 Å². The molecular weight excluding hydrogens is 351 g/mol. The summed E-state index contributed by atoms with van der Waals surface area (Å²) in [5, 5.41) is 6.48. The third-order valence-corrected chi connectivity index (χ3v) is 5.77. The molecule has 5 nitrogen and oxygen atoms in total. The number of carbonyl (C=O) groups excluding carboxylic acids is 1. The van der Waals surface area contributed by atoms with Crippen LogP contribution in [0.25, 0.3) is 5.69 Å². The molecule has 4 rings (SSSR count). The van der Waals surface area contributed by atoms with Crippen molar-refractivity contribution in [1.82, 2.24) is 19.7 Å². The monoisotopic (exact) mass is 370 g/mol. The van der Waals surface area contributed by atoms with E-state index in [1.807, 2.05) is 4.90 Å². The first-order valence-corrected chi connectivity index (χ1v) is 9.53. The van der Waals surface area contributed by atoms with Crippen molar-refractivity contribution in [3.8, 4) is 5.69 Å². The van der Waals surface area contributed by atoms with Gasteiger partial charge in [-0.15, -0.1) is 16.4 Å². The summed E-state index contributed by atoms with van der Waals surface area (Å²) in [4.78, 5) is 20.7. The number of hydrogen-bond acceptors (Lipinski definition) is 4. The van der Waals surface area contributed by atoms with E-state index in [0.717, 1.165) is 12.8 Å². The van der Waals surface area contributed by atoms with Gasteiger partial charge in [0.15, 0.2) is 0 Å². The summed E-state index contributed by atoms with van der Waals surface area (Å²) in [5.41, 5.74) is 1.92. The maximum absolute atomic E-state index is 13.2. The van der Waals surface area contributed by atoms with Crippen LogP contribution in [0.1, 0.15) is 46.3 Å². The molecule has 2 aromatic heterocycles. The SMILES string of the molecule is CCC1c2ccsc2CCN1C(=O)c1nc(C)n(-c2ccc(F)cc2)n1. The van der Waals surface area contributed by atoms with Crippen molar-refractivity contribution in [2.45, 2.75) is 32.7 Å². The second kappa shape index (κ2) is 6.64. The zero-order chi connectivity index (χ0) is 18.3. The molecule has 0 aliphatic carbocycles. The highest BCUT2D eigenvalue weighted by atomic mass is 32.1. The van der Waals surface area contributed by atoms with E-state index in [4.69, 9.17) is 0 Å². The lowest BCUT2D eigenvalue weighted by Gasteiger charge is -2.34. The minimum atomic E-state index is -0.312. The van der Waals surface area contributed by atoms with Crippen LogP contribution in [0.2, 0.25) is 0 Å². The molecule has 0 N–H and O–H groups in total. The van der Waals surface area contributed by atoms with Gasteiger partial charge in [0, 0.05) is 11.4 Å². The fraction of sp³-hybridized carbons (Fsp3) is 0.316. The molecule has 0 fully saturated rings. The average Bonchev–Trinajstić information content (AvgIpc) is 3.27. The van der Waals surface area contributed by atoms with Gasteiger partial charge in [-0.2, -0.15) is 0 Å². The summed E-state index contributed by atoms with van der Waals surface area (Å²) < 4.78 is 14.7. The van der Waals surface area contributed by atoms with E-state index in [9.17, 15) is 9.18 Å². The van der Waals surface area contributed by atoms with Crippen LogP contribution in [0.4, 0.5) is 4.39 Å². The summed E-state index contributed by atoms with van der Waals surface area (Å²) in [5.74, 6) is 0.316. The molecule has 1 aliphatic rings. The number of aromatic nitrogens is 3. The minimum absolute atomic E-state index is 0.0653. The Hall–Kier alpha value is -2.54. The highest BCUT2D eigenvalue weighted by molar-refractivity contribution is 7.10. The second-order valence-electron chi connectivity index (χ2n) is 6.34. The maximum atomic E-state index is 13.2. The number of nitrogens with zero attached hydrogens (tertiary/aromatic N) is 4. The fourth-order valence-electron chi connectivity index (χ4n) is 3.52. The Bertz CT molecular complexity index is 947. The molecule has 1 atom stereocenters. The quantitative estimate of drug-likeness (QED) is 0.702. The van der Waals surface area contributed by atoms with Gasteiger partial charge in [-0.05, 0) is 61.0 Å². The van der Waals surface area contributed by atoms with Crippen molar-refractivity contribution in [2.24, 2.45) is 0 Å². The van der Waals surface area contributed by atoms with Crippen molar-refractivity contribution in [2.75, 3.05) is 6.54 Å². The Labute approximate surface area is 155 Å². The number of rotatable bonds is 3. The number of amides is 1. The molecule has 1 unspecified atom stereocenters. The van der Waals surface area contributed by atoms with Crippen LogP contribution >= 0.6 is 11.3 Å². The number of thiophene rings is 1. The van der Waals surface area contributed by atoms with E-state index >= 15 is 0 Å². The van der Waals surface area contributed by atoms with Gasteiger partial charge in [0.2, 0.25) is 5.82 Å². The molecule has 0 radical (unpaired) electrons. The summed E-state index contributed by atoms with van der Waals surface area (Å²) in [6.45, 7) is 4.56. The largest absolute Gasteiger partial charge is 0.328 e. The molecule has 1 aromatic carbocycles. The van der Waals surface area contributed by atoms with Crippen molar-refractivity contribution in [1.29, 1.82) is 0 Å². The molecule has 0 spiro atoms. The molecule has 0 saturated heterocycles. The molecule has 3 aromatic rings. The van der Waals surface area contributed by atoms with Crippen LogP contribution in [-0.2, 0) is 6.42 Å². The highest BCUT2D eigenvalue weighted by Gasteiger charge is 2.32. The summed E-state index contributed by atoms with van der Waals surface area (Å²) >= 11 is 1.76. The van der Waals surface area contributed by atoms with Gasteiger partial charge in [0.25, 0.3) is 5.91 Å². The Morgan fingerprint density at radius 1 is 1.31 bits per heavy atom. The molecule has 3 heterocycles. The number of aryl methyl sites for hydroxylation is 1. The number of hydrogen-bond donors (Lipinski definition) is 0. The molecule has 26 heavy (non-hydrogen) atoms. The lowest BCUT2D eigenvalue weighted by atomic mass is 9.98. The summed E-state index contributed by atoms with van der Waals surface area (Å²) in [6.07, 6.45) is 1.72. The van der Waals surface area contributed by atoms with Gasteiger partial charge in [0.1, 0.15) is 11.6 Å². The first-order valence-electron chi connectivity index (χ1n) is 8.65. The Morgan fingerprint density at radius 3 is 2.81 bits per heavy atom. The van der Waals surface area contributed by atoms with Crippen LogP contribution < -0.4 is 0 Å². The van der Waals surface area contributed by atoms with E-state index in [-0.39, 0.29) is 23.6 Å². The van der Waals surface area contributed by atoms with E-state index < -0.39 is 0 Å². The van der Waals surface area contributed by atoms with Gasteiger partial charge < -0.3 is 4.90 Å². The lowest BCUT2D eigenvalue weighted by Crippen LogP contribution is -2.39. The zero-order valence-corrected chi connectivity index (χ0v) is 15.5. The molecule has 7 heteroatoms. The molecule has 1 amide bonds. The third-order valence-electron chi connectivity index (χ3n) is 4.77. The predicted molar refractivity (Wildman–Crippen MR) is 98.1 cm³/mol. The number of halogens is 1. The standard InChI is InChI=1S/C19H19FN4OS/c1-3-16-15-9-11-26-17(15)8-10-23(16)19(25)18-21-12(2)24(22-18)14-6-4-13(20)5-7-14/h4-7,9,11,16H,3,8,10H2,1-2H3. The minimum Gasteiger partial charge on any atom is -0.328 e. The second-order valence-corrected chi connectivity index (χ2v) is 7.34. The van der Waals surface area contributed by atoms with Crippen LogP contribution in [0, 0.1) is 12.7 Å². The smallest absolute Gasteiger partial charge is 0.294 e. The van der Waals surface area contributed by atoms with Crippen LogP contribution in [0.5, 0.6) is 0 Å². The predicted octanol–water partition coefficient (Wildman–Crippen LogP) is 3.93. The third kappa shape index (κ3) is 2.82. The van der Waals surface area contributed by atoms with Crippen molar-refractivity contribution in [3.63, 3.8) is 0 Å². The Morgan fingerprint density at radius 2 is 2.08 bits per heavy atom. The molecule has 1 aliphatic heterocycles. The Kier molecular flexibility index (Phi) is 4.32. The highest BCUT2D eigenvalue weighted by Crippen LogP contribution is 2.35. The Balaban J connectivity index is 1.65. The van der Waals surface area contributed by atoms with E-state index in [1.54, 1.807) is 35.1 Å². The van der Waals surface area contributed by atoms with Crippen molar-refractivity contribution >= 4 is 17.2 Å². The molecule has 134 valence electrons. The topological polar surface area (TPSA) is 51.0 Å². The van der Waals surface area contributed by atoms with Gasteiger partial charge in [0.05, 0.1) is 11.7 Å². The molecule has 0 saturated carbocycles. The van der Waals surface area contributed by atoms with Crippen LogP contribution in [-0.4, -0.2) is 32.1 Å². The number of fused-ring (bicyclic) bond motifs is 1. The van der Waals surface area contributed by atoms with Gasteiger partial charge in [-0.25, -0.2) is 14.1 Å². The van der Waals surface area contributed by atoms with Gasteiger partial charge >= 0.3 is 0 Å². The average molecular weight is 370 g/mol. The van der Waals surface area contributed by atoms with Gasteiger partial charge in [-0.3, -0.25) is 4.79 Å². The van der Waals surface area contributed by atoms with Crippen LogP contribution in [0.3, 0.4) is 0 Å². The number of benzene rings is 1. The lowest BCUT2D eigenvalue weighted by molar-refractivity contribution is 0.0644. The van der Waals surface area contributed by atoms with Crippen molar-refractivity contribution in [3.05, 3.63) is 63.6 Å².